The zero-order valence-electron chi connectivity index (χ0n) is 23.9. The Labute approximate surface area is 226 Å². The number of carbonyl (C=O) groups is 2. The van der Waals surface area contributed by atoms with Crippen molar-refractivity contribution in [1.29, 1.82) is 0 Å². The molecule has 0 radical (unpaired) electrons. The molecule has 0 aromatic carbocycles. The van der Waals surface area contributed by atoms with Gasteiger partial charge in [-0.3, -0.25) is 9.59 Å². The van der Waals surface area contributed by atoms with Crippen molar-refractivity contribution < 1.29 is 36.1 Å². The summed E-state index contributed by atoms with van der Waals surface area (Å²) >= 11 is 0. The van der Waals surface area contributed by atoms with Crippen LogP contribution in [0.1, 0.15) is 54.4 Å². The molecule has 12 heteroatoms. The molecule has 216 valence electrons. The molecule has 0 aromatic heterocycles. The van der Waals surface area contributed by atoms with Crippen molar-refractivity contribution in [1.82, 2.24) is 9.80 Å². The minimum Gasteiger partial charge on any atom is -0.374 e. The van der Waals surface area contributed by atoms with Crippen LogP contribution < -0.4 is 0 Å². The van der Waals surface area contributed by atoms with Gasteiger partial charge >= 0.3 is 17.6 Å². The molecule has 10 nitrogen and oxygen atoms in total. The number of nitrogens with zero attached hydrogens (tertiary/aromatic N) is 2. The monoisotopic (exact) mass is 562 g/mol. The minimum atomic E-state index is -2.84. The van der Waals surface area contributed by atoms with Crippen LogP contribution in [-0.4, -0.2) is 98.6 Å². The van der Waals surface area contributed by atoms with E-state index < -0.39 is 17.6 Å². The highest BCUT2D eigenvalue weighted by Gasteiger charge is 2.41. The lowest BCUT2D eigenvalue weighted by atomic mass is 10.3. The first-order valence-corrected chi connectivity index (χ1v) is 17.3. The van der Waals surface area contributed by atoms with Crippen molar-refractivity contribution in [3.63, 3.8) is 0 Å². The van der Waals surface area contributed by atoms with Gasteiger partial charge in [-0.05, 0) is 66.5 Å². The van der Waals surface area contributed by atoms with Gasteiger partial charge in [-0.2, -0.15) is 0 Å². The van der Waals surface area contributed by atoms with Crippen molar-refractivity contribution in [2.75, 3.05) is 59.4 Å². The van der Waals surface area contributed by atoms with Gasteiger partial charge in [0.05, 0.1) is 6.67 Å². The summed E-state index contributed by atoms with van der Waals surface area (Å²) in [4.78, 5) is 28.6. The molecule has 0 saturated heterocycles. The molecule has 2 amide bonds. The Hall–Kier alpha value is -1.39. The average Bonchev–Trinajstić information content (AvgIpc) is 2.87. The number of hydrogen-bond acceptors (Lipinski definition) is 8. The quantitative estimate of drug-likeness (QED) is 0.0995. The topological polar surface area (TPSA) is 96.0 Å². The fraction of sp³-hybridized carbons (Fsp3) is 0.760. The summed E-state index contributed by atoms with van der Waals surface area (Å²) in [5.41, 5.74) is 0. The third-order valence-electron chi connectivity index (χ3n) is 5.32. The van der Waals surface area contributed by atoms with Crippen LogP contribution in [0.2, 0.25) is 12.1 Å². The molecule has 37 heavy (non-hydrogen) atoms. The molecular weight excluding hydrogens is 512 g/mol. The lowest BCUT2D eigenvalue weighted by Crippen LogP contribution is -2.48. The standard InChI is InChI=1S/C25H50N2O8Si2/c1-9-24(28)26(19-17-21-36(30-11-3,31-12-4)32-13-5)23-27(25(29)10-2)20-18-22-37(33-14-6,34-15-7)35-16-8/h9-10H,1-2,11-23H2,3-8H3. The predicted molar refractivity (Wildman–Crippen MR) is 149 cm³/mol. The van der Waals surface area contributed by atoms with E-state index >= 15 is 0 Å². The van der Waals surface area contributed by atoms with E-state index in [4.69, 9.17) is 26.6 Å². The molecule has 0 aromatic rings. The molecule has 0 saturated carbocycles. The maximum Gasteiger partial charge on any atom is 0.500 e. The largest absolute Gasteiger partial charge is 0.500 e. The number of carbonyl (C=O) groups excluding carboxylic acids is 2. The molecule has 0 aliphatic rings. The van der Waals surface area contributed by atoms with Crippen LogP contribution in [0.15, 0.2) is 25.3 Å². The van der Waals surface area contributed by atoms with Crippen LogP contribution in [0.5, 0.6) is 0 Å². The van der Waals surface area contributed by atoms with Crippen molar-refractivity contribution >= 4 is 29.4 Å². The average molecular weight is 563 g/mol. The van der Waals surface area contributed by atoms with E-state index in [1.165, 1.54) is 12.2 Å². The van der Waals surface area contributed by atoms with E-state index in [0.29, 0.717) is 77.7 Å². The van der Waals surface area contributed by atoms with E-state index in [2.05, 4.69) is 13.2 Å². The van der Waals surface area contributed by atoms with Gasteiger partial charge in [-0.1, -0.05) is 13.2 Å². The van der Waals surface area contributed by atoms with Crippen LogP contribution in [-0.2, 0) is 36.1 Å². The predicted octanol–water partition coefficient (Wildman–Crippen LogP) is 3.85. The fourth-order valence-electron chi connectivity index (χ4n) is 3.94. The molecule has 0 fully saturated rings. The summed E-state index contributed by atoms with van der Waals surface area (Å²) in [5.74, 6) is -0.528. The van der Waals surface area contributed by atoms with Gasteiger partial charge in [0.2, 0.25) is 11.8 Å². The molecular formula is C25H50N2O8Si2. The molecule has 0 spiro atoms. The molecule has 0 N–H and O–H groups in total. The van der Waals surface area contributed by atoms with Gasteiger partial charge in [0.1, 0.15) is 0 Å². The van der Waals surface area contributed by atoms with Crippen molar-refractivity contribution in [3.05, 3.63) is 25.3 Å². The molecule has 0 unspecified atom stereocenters. The van der Waals surface area contributed by atoms with Gasteiger partial charge in [0.25, 0.3) is 0 Å². The van der Waals surface area contributed by atoms with Crippen LogP contribution in [0.4, 0.5) is 0 Å². The van der Waals surface area contributed by atoms with E-state index in [1.807, 2.05) is 41.5 Å². The highest BCUT2D eigenvalue weighted by Crippen LogP contribution is 2.20. The van der Waals surface area contributed by atoms with Crippen molar-refractivity contribution in [2.45, 2.75) is 66.5 Å². The normalized spacial score (nSPS) is 11.8. The molecule has 0 rings (SSSR count). The molecule has 0 heterocycles. The van der Waals surface area contributed by atoms with Gasteiger partial charge in [-0.15, -0.1) is 0 Å². The summed E-state index contributed by atoms with van der Waals surface area (Å²) in [6, 6.07) is 1.12. The summed E-state index contributed by atoms with van der Waals surface area (Å²) in [6.07, 6.45) is 3.70. The maximum absolute atomic E-state index is 12.7. The van der Waals surface area contributed by atoms with Gasteiger partial charge < -0.3 is 36.4 Å². The summed E-state index contributed by atoms with van der Waals surface area (Å²) in [6.45, 7) is 22.5. The third kappa shape index (κ3) is 13.3. The second-order valence-electron chi connectivity index (χ2n) is 7.92. The van der Waals surface area contributed by atoms with Gasteiger partial charge in [0.15, 0.2) is 0 Å². The van der Waals surface area contributed by atoms with Crippen LogP contribution in [0.3, 0.4) is 0 Å². The first-order chi connectivity index (χ1) is 17.8. The minimum absolute atomic E-state index is 0.106. The highest BCUT2D eigenvalue weighted by molar-refractivity contribution is 6.61. The Morgan fingerprint density at radius 1 is 0.595 bits per heavy atom. The van der Waals surface area contributed by atoms with Crippen molar-refractivity contribution in [3.8, 4) is 0 Å². The Kier molecular flexibility index (Phi) is 19.8. The SMILES string of the molecule is C=CC(=O)N(CCC[Si](OCC)(OCC)OCC)CN(CCC[Si](OCC)(OCC)OCC)C(=O)C=C. The molecule has 0 bridgehead atoms. The maximum atomic E-state index is 12.7. The lowest BCUT2D eigenvalue weighted by molar-refractivity contribution is -0.134. The summed E-state index contributed by atoms with van der Waals surface area (Å²) < 4.78 is 35.5. The molecule has 0 aliphatic carbocycles. The Bertz CT molecular complexity index is 581. The number of hydrogen-bond donors (Lipinski definition) is 0. The summed E-state index contributed by atoms with van der Waals surface area (Å²) in [5, 5.41) is 0. The fourth-order valence-corrected chi connectivity index (χ4v) is 9.13. The lowest BCUT2D eigenvalue weighted by Gasteiger charge is -2.32. The third-order valence-corrected chi connectivity index (χ3v) is 11.6. The van der Waals surface area contributed by atoms with E-state index in [0.717, 1.165) is 0 Å². The molecule has 0 atom stereocenters. The summed E-state index contributed by atoms with van der Waals surface area (Å²) in [7, 11) is -5.68. The van der Waals surface area contributed by atoms with E-state index in [-0.39, 0.29) is 18.5 Å². The molecule has 0 aliphatic heterocycles. The zero-order valence-corrected chi connectivity index (χ0v) is 25.9. The van der Waals surface area contributed by atoms with Gasteiger partial charge in [-0.25, -0.2) is 0 Å². The zero-order chi connectivity index (χ0) is 28.2. The smallest absolute Gasteiger partial charge is 0.374 e. The van der Waals surface area contributed by atoms with Crippen LogP contribution >= 0.6 is 0 Å². The van der Waals surface area contributed by atoms with Crippen LogP contribution in [0, 0.1) is 0 Å². The van der Waals surface area contributed by atoms with Gasteiger partial charge in [0, 0.05) is 64.8 Å². The Balaban J connectivity index is 5.45. The second kappa shape index (κ2) is 20.6. The number of amides is 2. The highest BCUT2D eigenvalue weighted by atomic mass is 28.4. The van der Waals surface area contributed by atoms with Crippen LogP contribution in [0.25, 0.3) is 0 Å². The Morgan fingerprint density at radius 3 is 1.08 bits per heavy atom. The Morgan fingerprint density at radius 2 is 0.865 bits per heavy atom. The number of rotatable bonds is 24. The van der Waals surface area contributed by atoms with E-state index in [9.17, 15) is 9.59 Å². The second-order valence-corrected chi connectivity index (χ2v) is 13.4. The first-order valence-electron chi connectivity index (χ1n) is 13.4. The van der Waals surface area contributed by atoms with E-state index in [1.54, 1.807) is 9.80 Å². The first kappa shape index (κ1) is 35.6. The van der Waals surface area contributed by atoms with Crippen molar-refractivity contribution in [2.24, 2.45) is 0 Å².